The lowest BCUT2D eigenvalue weighted by Gasteiger charge is -2.51. The van der Waals surface area contributed by atoms with Crippen LogP contribution in [-0.2, 0) is 4.74 Å². The number of nitrogens with zero attached hydrogens (tertiary/aromatic N) is 2. The number of likely N-dealkylation sites (tertiary alicyclic amines) is 1. The highest BCUT2D eigenvalue weighted by Gasteiger charge is 2.44. The molecule has 1 atom stereocenters. The van der Waals surface area contributed by atoms with E-state index in [2.05, 4.69) is 17.0 Å². The number of piperidine rings is 1. The summed E-state index contributed by atoms with van der Waals surface area (Å²) in [5, 5.41) is 10.5. The Morgan fingerprint density at radius 1 is 1.20 bits per heavy atom. The first-order chi connectivity index (χ1) is 16.5. The van der Waals surface area contributed by atoms with Crippen LogP contribution in [0.5, 0.6) is 5.75 Å². The van der Waals surface area contributed by atoms with Crippen molar-refractivity contribution in [2.24, 2.45) is 0 Å². The van der Waals surface area contributed by atoms with E-state index in [-0.39, 0.29) is 25.1 Å². The van der Waals surface area contributed by atoms with Gasteiger partial charge in [-0.1, -0.05) is 30.3 Å². The summed E-state index contributed by atoms with van der Waals surface area (Å²) in [4.78, 5) is 17.6. The van der Waals surface area contributed by atoms with E-state index in [1.54, 1.807) is 0 Å². The number of β-amino-alcohol motifs (C(OH)–C–C–N with tert-alkyl or cyclic N) is 1. The molecular weight excluding hydrogens is 440 g/mol. The molecule has 2 fully saturated rings. The van der Waals surface area contributed by atoms with Gasteiger partial charge in [0.1, 0.15) is 5.75 Å². The van der Waals surface area contributed by atoms with Crippen LogP contribution in [0, 0.1) is 6.92 Å². The van der Waals surface area contributed by atoms with Crippen LogP contribution < -0.4 is 4.74 Å². The predicted octanol–water partition coefficient (Wildman–Crippen LogP) is 4.85. The van der Waals surface area contributed by atoms with Gasteiger partial charge in [-0.25, -0.2) is 0 Å². The fourth-order valence-electron chi connectivity index (χ4n) is 5.34. The Morgan fingerprint density at radius 3 is 2.49 bits per heavy atom. The molecular formula is C29H42N2O4. The van der Waals surface area contributed by atoms with Gasteiger partial charge in [0.25, 0.3) is 5.91 Å². The molecule has 0 aromatic heterocycles. The van der Waals surface area contributed by atoms with Crippen LogP contribution in [0.1, 0.15) is 69.6 Å². The zero-order valence-electron chi connectivity index (χ0n) is 21.8. The number of benzene rings is 2. The number of amides is 1. The lowest BCUT2D eigenvalue weighted by atomic mass is 9.87. The SMILES string of the molecule is Cc1cc(C(=O)N2CCC3(CC2)CN(CC(C)(C)O)CC(c2ccccc2)O3)ccc1OC(C)C.[HH]. The molecule has 2 saturated heterocycles. The lowest BCUT2D eigenvalue weighted by Crippen LogP contribution is -2.59. The Balaban J connectivity index is 0.00000361. The predicted molar refractivity (Wildman–Crippen MR) is 140 cm³/mol. The molecule has 2 aromatic carbocycles. The van der Waals surface area contributed by atoms with Gasteiger partial charge in [0, 0.05) is 39.7 Å². The van der Waals surface area contributed by atoms with Crippen molar-refractivity contribution >= 4 is 5.91 Å². The van der Waals surface area contributed by atoms with E-state index in [4.69, 9.17) is 9.47 Å². The Hall–Kier alpha value is -2.41. The molecule has 1 spiro atoms. The number of aliphatic hydroxyl groups is 1. The monoisotopic (exact) mass is 482 g/mol. The van der Waals surface area contributed by atoms with Crippen molar-refractivity contribution in [2.45, 2.75) is 70.9 Å². The minimum absolute atomic E-state index is 0. The summed E-state index contributed by atoms with van der Waals surface area (Å²) < 4.78 is 12.6. The Labute approximate surface area is 211 Å². The largest absolute Gasteiger partial charge is 0.491 e. The van der Waals surface area contributed by atoms with Gasteiger partial charge >= 0.3 is 0 Å². The molecule has 6 heteroatoms. The van der Waals surface area contributed by atoms with E-state index in [0.717, 1.165) is 42.8 Å². The summed E-state index contributed by atoms with van der Waals surface area (Å²) in [6.45, 7) is 13.1. The van der Waals surface area contributed by atoms with Gasteiger partial charge in [0.05, 0.1) is 23.4 Å². The van der Waals surface area contributed by atoms with Crippen LogP contribution >= 0.6 is 0 Å². The average Bonchev–Trinajstić information content (AvgIpc) is 2.79. The van der Waals surface area contributed by atoms with E-state index >= 15 is 0 Å². The third-order valence-electron chi connectivity index (χ3n) is 6.86. The second-order valence-corrected chi connectivity index (χ2v) is 11.1. The van der Waals surface area contributed by atoms with Crippen molar-refractivity contribution in [3.05, 3.63) is 65.2 Å². The minimum atomic E-state index is -0.778. The highest BCUT2D eigenvalue weighted by atomic mass is 16.5. The summed E-state index contributed by atoms with van der Waals surface area (Å²) in [7, 11) is 0. The van der Waals surface area contributed by atoms with Crippen LogP contribution in [0.15, 0.2) is 48.5 Å². The van der Waals surface area contributed by atoms with Gasteiger partial charge < -0.3 is 19.5 Å². The zero-order chi connectivity index (χ0) is 25.2. The number of carbonyl (C=O) groups excluding carboxylic acids is 1. The molecule has 0 saturated carbocycles. The smallest absolute Gasteiger partial charge is 0.253 e. The molecule has 2 aromatic rings. The van der Waals surface area contributed by atoms with Gasteiger partial charge in [-0.05, 0) is 76.8 Å². The van der Waals surface area contributed by atoms with E-state index in [9.17, 15) is 9.90 Å². The van der Waals surface area contributed by atoms with Crippen molar-refractivity contribution in [3.8, 4) is 5.75 Å². The van der Waals surface area contributed by atoms with E-state index in [0.29, 0.717) is 25.2 Å². The third-order valence-corrected chi connectivity index (χ3v) is 6.86. The maximum atomic E-state index is 13.3. The van der Waals surface area contributed by atoms with Gasteiger partial charge in [-0.15, -0.1) is 0 Å². The molecule has 4 rings (SSSR count). The number of rotatable bonds is 6. The summed E-state index contributed by atoms with van der Waals surface area (Å²) in [5.74, 6) is 0.881. The van der Waals surface area contributed by atoms with Crippen molar-refractivity contribution < 1.29 is 20.8 Å². The highest BCUT2D eigenvalue weighted by Crippen LogP contribution is 2.38. The standard InChI is InChI=1S/C29H40N2O4.H2/c1-21(2)34-25-12-11-24(17-22(25)3)27(32)31-15-13-29(14-16-31)20-30(19-28(4,5)33)18-26(35-29)23-9-7-6-8-10-23;/h6-12,17,21,26,33H,13-16,18-20H2,1-5H3;1H. The number of hydrogen-bond acceptors (Lipinski definition) is 5. The Bertz CT molecular complexity index is 1010. The number of aryl methyl sites for hydroxylation is 1. The van der Waals surface area contributed by atoms with Crippen molar-refractivity contribution in [1.82, 2.24) is 9.80 Å². The zero-order valence-corrected chi connectivity index (χ0v) is 21.8. The summed E-state index contributed by atoms with van der Waals surface area (Å²) in [6.07, 6.45) is 1.60. The number of carbonyl (C=O) groups is 1. The molecule has 1 amide bonds. The van der Waals surface area contributed by atoms with Crippen LogP contribution in [0.3, 0.4) is 0 Å². The van der Waals surface area contributed by atoms with Gasteiger partial charge in [0.2, 0.25) is 0 Å². The first kappa shape index (κ1) is 25.7. The quantitative estimate of drug-likeness (QED) is 0.638. The first-order valence-corrected chi connectivity index (χ1v) is 12.8. The number of hydrogen-bond donors (Lipinski definition) is 1. The number of ether oxygens (including phenoxy) is 2. The van der Waals surface area contributed by atoms with E-state index < -0.39 is 5.60 Å². The second kappa shape index (κ2) is 10.3. The third kappa shape index (κ3) is 6.43. The normalized spacial score (nSPS) is 20.9. The van der Waals surface area contributed by atoms with Crippen molar-refractivity contribution in [3.63, 3.8) is 0 Å². The van der Waals surface area contributed by atoms with Crippen molar-refractivity contribution in [1.29, 1.82) is 0 Å². The van der Waals surface area contributed by atoms with Gasteiger partial charge in [-0.3, -0.25) is 9.69 Å². The molecule has 2 aliphatic heterocycles. The molecule has 192 valence electrons. The molecule has 0 bridgehead atoms. The molecule has 1 unspecified atom stereocenters. The maximum absolute atomic E-state index is 13.3. The molecule has 1 N–H and O–H groups in total. The molecule has 35 heavy (non-hydrogen) atoms. The topological polar surface area (TPSA) is 62.2 Å². The molecule has 6 nitrogen and oxygen atoms in total. The van der Waals surface area contributed by atoms with Gasteiger partial charge in [0.15, 0.2) is 0 Å². The fourth-order valence-corrected chi connectivity index (χ4v) is 5.34. The summed E-state index contributed by atoms with van der Waals surface area (Å²) in [6, 6.07) is 16.0. The minimum Gasteiger partial charge on any atom is -0.491 e. The van der Waals surface area contributed by atoms with Crippen LogP contribution in [0.4, 0.5) is 0 Å². The fraction of sp³-hybridized carbons (Fsp3) is 0.552. The highest BCUT2D eigenvalue weighted by molar-refractivity contribution is 5.94. The molecule has 0 aliphatic carbocycles. The van der Waals surface area contributed by atoms with Gasteiger partial charge in [-0.2, -0.15) is 0 Å². The Morgan fingerprint density at radius 2 is 1.89 bits per heavy atom. The van der Waals surface area contributed by atoms with Crippen molar-refractivity contribution in [2.75, 3.05) is 32.7 Å². The molecule has 2 aliphatic rings. The van der Waals surface area contributed by atoms with Crippen LogP contribution in [-0.4, -0.2) is 70.8 Å². The summed E-state index contributed by atoms with van der Waals surface area (Å²) >= 11 is 0. The Kier molecular flexibility index (Phi) is 7.55. The number of morpholine rings is 1. The molecule has 2 heterocycles. The van der Waals surface area contributed by atoms with Crippen LogP contribution in [0.2, 0.25) is 0 Å². The first-order valence-electron chi connectivity index (χ1n) is 12.8. The lowest BCUT2D eigenvalue weighted by molar-refractivity contribution is -0.182. The van der Waals surface area contributed by atoms with E-state index in [1.807, 2.05) is 75.9 Å². The molecule has 0 radical (unpaired) electrons. The second-order valence-electron chi connectivity index (χ2n) is 11.1. The average molecular weight is 483 g/mol. The maximum Gasteiger partial charge on any atom is 0.253 e. The van der Waals surface area contributed by atoms with E-state index in [1.165, 1.54) is 0 Å². The summed E-state index contributed by atoms with van der Waals surface area (Å²) in [5.41, 5.74) is 1.72. The van der Waals surface area contributed by atoms with Crippen LogP contribution in [0.25, 0.3) is 0 Å².